The Morgan fingerprint density at radius 1 is 1.50 bits per heavy atom. The smallest absolute Gasteiger partial charge is 0.334 e. The van der Waals surface area contributed by atoms with Gasteiger partial charge >= 0.3 is 5.97 Å². The summed E-state index contributed by atoms with van der Waals surface area (Å²) in [5.41, 5.74) is 2.99. The van der Waals surface area contributed by atoms with Crippen LogP contribution in [0.15, 0.2) is 28.2 Å². The van der Waals surface area contributed by atoms with Crippen LogP contribution < -0.4 is 0 Å². The molecular weight excluding hydrogens is 244 g/mol. The lowest BCUT2D eigenvalue weighted by atomic mass is 10.1. The molecule has 0 N–H and O–H groups in total. The number of rotatable bonds is 1. The van der Waals surface area contributed by atoms with Gasteiger partial charge in [0.2, 0.25) is 0 Å². The number of benzene rings is 1. The summed E-state index contributed by atoms with van der Waals surface area (Å²) in [7, 11) is 1.40. The van der Waals surface area contributed by atoms with Crippen LogP contribution in [0.25, 0.3) is 6.08 Å². The maximum absolute atomic E-state index is 11.3. The lowest BCUT2D eigenvalue weighted by Gasteiger charge is -1.98. The number of fused-ring (bicyclic) bond motifs is 1. The van der Waals surface area contributed by atoms with Crippen LogP contribution in [-0.2, 0) is 16.0 Å². The SMILES string of the molecule is COC(=O)C1=Cc2cc(Br)ccc2C1. The van der Waals surface area contributed by atoms with Gasteiger partial charge in [0, 0.05) is 16.5 Å². The van der Waals surface area contributed by atoms with E-state index in [0.29, 0.717) is 6.42 Å². The fraction of sp³-hybridized carbons (Fsp3) is 0.182. The van der Waals surface area contributed by atoms with Gasteiger partial charge in [-0.2, -0.15) is 0 Å². The zero-order valence-corrected chi connectivity index (χ0v) is 9.30. The zero-order chi connectivity index (χ0) is 10.1. The molecule has 0 radical (unpaired) electrons. The van der Waals surface area contributed by atoms with Crippen LogP contribution >= 0.6 is 15.9 Å². The predicted molar refractivity (Wildman–Crippen MR) is 57.8 cm³/mol. The molecule has 0 saturated carbocycles. The Labute approximate surface area is 90.7 Å². The van der Waals surface area contributed by atoms with E-state index in [1.807, 2.05) is 24.3 Å². The molecule has 2 rings (SSSR count). The highest BCUT2D eigenvalue weighted by Crippen LogP contribution is 2.28. The fourth-order valence-electron chi connectivity index (χ4n) is 1.57. The highest BCUT2D eigenvalue weighted by Gasteiger charge is 2.18. The van der Waals surface area contributed by atoms with Crippen molar-refractivity contribution in [2.24, 2.45) is 0 Å². The van der Waals surface area contributed by atoms with Crippen molar-refractivity contribution >= 4 is 28.0 Å². The molecule has 0 fully saturated rings. The third kappa shape index (κ3) is 1.60. The van der Waals surface area contributed by atoms with Crippen LogP contribution in [0.1, 0.15) is 11.1 Å². The molecule has 0 saturated heterocycles. The van der Waals surface area contributed by atoms with Crippen molar-refractivity contribution in [2.75, 3.05) is 7.11 Å². The minimum Gasteiger partial charge on any atom is -0.466 e. The van der Waals surface area contributed by atoms with Gasteiger partial charge in [0.15, 0.2) is 0 Å². The molecule has 3 heteroatoms. The van der Waals surface area contributed by atoms with Gasteiger partial charge < -0.3 is 4.74 Å². The molecule has 0 spiro atoms. The number of hydrogen-bond acceptors (Lipinski definition) is 2. The molecule has 0 atom stereocenters. The van der Waals surface area contributed by atoms with E-state index in [9.17, 15) is 4.79 Å². The molecule has 0 heterocycles. The molecule has 0 bridgehead atoms. The van der Waals surface area contributed by atoms with Gasteiger partial charge in [0.05, 0.1) is 7.11 Å². The van der Waals surface area contributed by atoms with Crippen molar-refractivity contribution in [1.82, 2.24) is 0 Å². The average molecular weight is 253 g/mol. The Hall–Kier alpha value is -1.09. The maximum atomic E-state index is 11.3. The summed E-state index contributed by atoms with van der Waals surface area (Å²) in [4.78, 5) is 11.3. The van der Waals surface area contributed by atoms with E-state index in [4.69, 9.17) is 0 Å². The normalized spacial score (nSPS) is 13.4. The molecule has 0 unspecified atom stereocenters. The second-order valence-corrected chi connectivity index (χ2v) is 4.10. The number of carbonyl (C=O) groups is 1. The van der Waals surface area contributed by atoms with Crippen molar-refractivity contribution < 1.29 is 9.53 Å². The minimum absolute atomic E-state index is 0.239. The summed E-state index contributed by atoms with van der Waals surface area (Å²) in [5, 5.41) is 0. The summed E-state index contributed by atoms with van der Waals surface area (Å²) >= 11 is 3.39. The van der Waals surface area contributed by atoms with Crippen LogP contribution in [-0.4, -0.2) is 13.1 Å². The van der Waals surface area contributed by atoms with Crippen molar-refractivity contribution in [3.63, 3.8) is 0 Å². The first-order valence-electron chi connectivity index (χ1n) is 4.28. The lowest BCUT2D eigenvalue weighted by molar-refractivity contribution is -0.136. The number of halogens is 1. The first kappa shape index (κ1) is 9.46. The molecule has 1 aliphatic rings. The van der Waals surface area contributed by atoms with E-state index in [1.54, 1.807) is 0 Å². The fourth-order valence-corrected chi connectivity index (χ4v) is 1.95. The molecular formula is C11H9BrO2. The number of esters is 1. The summed E-state index contributed by atoms with van der Waals surface area (Å²) in [5.74, 6) is -0.239. The average Bonchev–Trinajstić information content (AvgIpc) is 2.59. The Balaban J connectivity index is 2.34. The molecule has 2 nitrogen and oxygen atoms in total. The van der Waals surface area contributed by atoms with Gasteiger partial charge in [-0.1, -0.05) is 22.0 Å². The van der Waals surface area contributed by atoms with E-state index in [2.05, 4.69) is 20.7 Å². The first-order chi connectivity index (χ1) is 6.70. The molecule has 0 aliphatic heterocycles. The van der Waals surface area contributed by atoms with Gasteiger partial charge in [-0.15, -0.1) is 0 Å². The Morgan fingerprint density at radius 2 is 2.29 bits per heavy atom. The number of hydrogen-bond donors (Lipinski definition) is 0. The van der Waals surface area contributed by atoms with Gasteiger partial charge in [-0.05, 0) is 29.3 Å². The van der Waals surface area contributed by atoms with E-state index in [0.717, 1.165) is 15.6 Å². The van der Waals surface area contributed by atoms with Crippen LogP contribution in [0.4, 0.5) is 0 Å². The second-order valence-electron chi connectivity index (χ2n) is 3.18. The van der Waals surface area contributed by atoms with Crippen molar-refractivity contribution in [3.05, 3.63) is 39.4 Å². The van der Waals surface area contributed by atoms with Gasteiger partial charge in [0.25, 0.3) is 0 Å². The van der Waals surface area contributed by atoms with E-state index >= 15 is 0 Å². The molecule has 1 aliphatic carbocycles. The molecule has 0 aromatic heterocycles. The van der Waals surface area contributed by atoms with Crippen LogP contribution in [0.2, 0.25) is 0 Å². The monoisotopic (exact) mass is 252 g/mol. The number of methoxy groups -OCH3 is 1. The van der Waals surface area contributed by atoms with Crippen molar-refractivity contribution in [2.45, 2.75) is 6.42 Å². The quantitative estimate of drug-likeness (QED) is 0.719. The minimum atomic E-state index is -0.239. The van der Waals surface area contributed by atoms with Crippen LogP contribution in [0, 0.1) is 0 Å². The third-order valence-electron chi connectivity index (χ3n) is 2.27. The predicted octanol–water partition coefficient (Wildman–Crippen LogP) is 2.56. The Kier molecular flexibility index (Phi) is 2.42. The van der Waals surface area contributed by atoms with Crippen molar-refractivity contribution in [1.29, 1.82) is 0 Å². The summed E-state index contributed by atoms with van der Waals surface area (Å²) in [6.07, 6.45) is 2.56. The summed E-state index contributed by atoms with van der Waals surface area (Å²) in [6.45, 7) is 0. The van der Waals surface area contributed by atoms with E-state index < -0.39 is 0 Å². The third-order valence-corrected chi connectivity index (χ3v) is 2.76. The number of ether oxygens (including phenoxy) is 1. The zero-order valence-electron chi connectivity index (χ0n) is 7.71. The standard InChI is InChI=1S/C11H9BrO2/c1-14-11(13)9-4-7-2-3-10(12)6-8(7)5-9/h2-3,5-6H,4H2,1H3. The molecule has 1 aromatic rings. The topological polar surface area (TPSA) is 26.3 Å². The second kappa shape index (κ2) is 3.58. The number of carbonyl (C=O) groups excluding carboxylic acids is 1. The first-order valence-corrected chi connectivity index (χ1v) is 5.07. The summed E-state index contributed by atoms with van der Waals surface area (Å²) in [6, 6.07) is 6.00. The summed E-state index contributed by atoms with van der Waals surface area (Å²) < 4.78 is 5.70. The molecule has 72 valence electrons. The van der Waals surface area contributed by atoms with Crippen LogP contribution in [0.3, 0.4) is 0 Å². The molecule has 14 heavy (non-hydrogen) atoms. The highest BCUT2D eigenvalue weighted by molar-refractivity contribution is 9.10. The van der Waals surface area contributed by atoms with Gasteiger partial charge in [-0.3, -0.25) is 0 Å². The van der Waals surface area contributed by atoms with Crippen LogP contribution in [0.5, 0.6) is 0 Å². The maximum Gasteiger partial charge on any atom is 0.334 e. The van der Waals surface area contributed by atoms with Gasteiger partial charge in [-0.25, -0.2) is 4.79 Å². The largest absolute Gasteiger partial charge is 0.466 e. The van der Waals surface area contributed by atoms with Crippen molar-refractivity contribution in [3.8, 4) is 0 Å². The van der Waals surface area contributed by atoms with E-state index in [1.165, 1.54) is 12.7 Å². The Bertz CT molecular complexity index is 421. The molecule has 1 aromatic carbocycles. The Morgan fingerprint density at radius 3 is 3.00 bits per heavy atom. The van der Waals surface area contributed by atoms with E-state index in [-0.39, 0.29) is 5.97 Å². The highest BCUT2D eigenvalue weighted by atomic mass is 79.9. The lowest BCUT2D eigenvalue weighted by Crippen LogP contribution is -2.03. The van der Waals surface area contributed by atoms with Gasteiger partial charge in [0.1, 0.15) is 0 Å². The molecule has 0 amide bonds.